The molecule has 0 atom stereocenters. The smallest absolute Gasteiger partial charge is 0.128 e. The summed E-state index contributed by atoms with van der Waals surface area (Å²) in [6.07, 6.45) is 4.97. The number of aromatic nitrogens is 2. The molecule has 1 N–H and O–H groups in total. The van der Waals surface area contributed by atoms with E-state index in [0.29, 0.717) is 5.75 Å². The summed E-state index contributed by atoms with van der Waals surface area (Å²) in [5.74, 6) is 1.38. The average molecular weight is 297 g/mol. The van der Waals surface area contributed by atoms with Crippen molar-refractivity contribution in [1.82, 2.24) is 14.9 Å². The first-order valence-electron chi connectivity index (χ1n) is 8.01. The molecule has 3 rings (SSSR count). The third-order valence-electron chi connectivity index (χ3n) is 4.25. The maximum Gasteiger partial charge on any atom is 0.128 e. The molecule has 0 aliphatic carbocycles. The minimum Gasteiger partial charge on any atom is -0.507 e. The highest BCUT2D eigenvalue weighted by atomic mass is 16.3. The molecule has 4 nitrogen and oxygen atoms in total. The molecule has 2 aromatic rings. The number of aromatic hydroxyl groups is 1. The van der Waals surface area contributed by atoms with Crippen LogP contribution in [0.15, 0.2) is 24.4 Å². The summed E-state index contributed by atoms with van der Waals surface area (Å²) in [5, 5.41) is 10.2. The Morgan fingerprint density at radius 2 is 2.18 bits per heavy atom. The zero-order valence-electron chi connectivity index (χ0n) is 13.3. The van der Waals surface area contributed by atoms with Crippen LogP contribution < -0.4 is 0 Å². The Bertz CT molecular complexity index is 669. The summed E-state index contributed by atoms with van der Waals surface area (Å²) in [4.78, 5) is 11.5. The number of hydrogen-bond donors (Lipinski definition) is 1. The van der Waals surface area contributed by atoms with Crippen LogP contribution in [0.5, 0.6) is 5.75 Å². The Morgan fingerprint density at radius 3 is 3.00 bits per heavy atom. The van der Waals surface area contributed by atoms with Crippen molar-refractivity contribution >= 4 is 0 Å². The average Bonchev–Trinajstić information content (AvgIpc) is 2.52. The van der Waals surface area contributed by atoms with Crippen molar-refractivity contribution in [1.29, 1.82) is 0 Å². The molecule has 116 valence electrons. The second kappa shape index (κ2) is 6.44. The van der Waals surface area contributed by atoms with Crippen LogP contribution >= 0.6 is 0 Å². The minimum atomic E-state index is 0.419. The number of rotatable bonds is 4. The molecule has 0 fully saturated rings. The predicted octanol–water partition coefficient (Wildman–Crippen LogP) is 3.00. The van der Waals surface area contributed by atoms with Crippen molar-refractivity contribution in [2.75, 3.05) is 6.54 Å². The summed E-state index contributed by atoms with van der Waals surface area (Å²) >= 11 is 0. The first kappa shape index (κ1) is 15.0. The SMILES string of the molecule is CCCc1ncc2c(n1)CCN(Cc1cccc(C)c1O)C2. The van der Waals surface area contributed by atoms with E-state index in [1.165, 1.54) is 11.3 Å². The van der Waals surface area contributed by atoms with Gasteiger partial charge in [-0.25, -0.2) is 9.97 Å². The molecular weight excluding hydrogens is 274 g/mol. The minimum absolute atomic E-state index is 0.419. The number of benzene rings is 1. The second-order valence-corrected chi connectivity index (χ2v) is 6.05. The standard InChI is InChI=1S/C18H23N3O/c1-3-5-17-19-10-15-12-21(9-8-16(15)20-17)11-14-7-4-6-13(2)18(14)22/h4,6-7,10,22H,3,5,8-9,11-12H2,1-2H3. The van der Waals surface area contributed by atoms with E-state index in [1.807, 2.05) is 31.3 Å². The van der Waals surface area contributed by atoms with Gasteiger partial charge in [-0.2, -0.15) is 0 Å². The zero-order valence-corrected chi connectivity index (χ0v) is 13.3. The van der Waals surface area contributed by atoms with Gasteiger partial charge in [0.15, 0.2) is 0 Å². The van der Waals surface area contributed by atoms with Gasteiger partial charge >= 0.3 is 0 Å². The van der Waals surface area contributed by atoms with Crippen LogP contribution in [0.25, 0.3) is 0 Å². The molecule has 1 aromatic heterocycles. The van der Waals surface area contributed by atoms with Gasteiger partial charge in [0.05, 0.1) is 0 Å². The quantitative estimate of drug-likeness (QED) is 0.942. The van der Waals surface area contributed by atoms with Crippen LogP contribution in [0.4, 0.5) is 0 Å². The molecule has 0 spiro atoms. The van der Waals surface area contributed by atoms with Crippen molar-refractivity contribution in [3.8, 4) is 5.75 Å². The van der Waals surface area contributed by atoms with Gasteiger partial charge in [0.1, 0.15) is 11.6 Å². The lowest BCUT2D eigenvalue weighted by Gasteiger charge is -2.28. The van der Waals surface area contributed by atoms with Gasteiger partial charge in [0.2, 0.25) is 0 Å². The van der Waals surface area contributed by atoms with E-state index in [2.05, 4.69) is 21.8 Å². The van der Waals surface area contributed by atoms with Crippen LogP contribution in [0, 0.1) is 6.92 Å². The van der Waals surface area contributed by atoms with Crippen LogP contribution in [0.3, 0.4) is 0 Å². The highest BCUT2D eigenvalue weighted by Gasteiger charge is 2.19. The lowest BCUT2D eigenvalue weighted by Crippen LogP contribution is -2.31. The fraction of sp³-hybridized carbons (Fsp3) is 0.444. The van der Waals surface area contributed by atoms with Crippen molar-refractivity contribution in [2.24, 2.45) is 0 Å². The second-order valence-electron chi connectivity index (χ2n) is 6.05. The topological polar surface area (TPSA) is 49.2 Å². The summed E-state index contributed by atoms with van der Waals surface area (Å²) in [6, 6.07) is 5.94. The molecule has 0 radical (unpaired) electrons. The van der Waals surface area contributed by atoms with Crippen LogP contribution in [0.2, 0.25) is 0 Å². The summed E-state index contributed by atoms with van der Waals surface area (Å²) < 4.78 is 0. The molecule has 1 aliphatic rings. The molecular formula is C18H23N3O. The van der Waals surface area contributed by atoms with Gasteiger partial charge in [0, 0.05) is 55.5 Å². The Kier molecular flexibility index (Phi) is 4.39. The normalized spacial score (nSPS) is 14.8. The van der Waals surface area contributed by atoms with Crippen LogP contribution in [0.1, 0.15) is 41.6 Å². The first-order chi connectivity index (χ1) is 10.7. The van der Waals surface area contributed by atoms with Gasteiger partial charge < -0.3 is 5.11 Å². The number of phenols is 1. The molecule has 0 amide bonds. The van der Waals surface area contributed by atoms with Gasteiger partial charge in [-0.3, -0.25) is 4.90 Å². The number of nitrogens with zero attached hydrogens (tertiary/aromatic N) is 3. The lowest BCUT2D eigenvalue weighted by molar-refractivity contribution is 0.239. The van der Waals surface area contributed by atoms with Crippen molar-refractivity contribution < 1.29 is 5.11 Å². The van der Waals surface area contributed by atoms with E-state index in [1.54, 1.807) is 0 Å². The fourth-order valence-electron chi connectivity index (χ4n) is 2.98. The van der Waals surface area contributed by atoms with E-state index in [4.69, 9.17) is 0 Å². The van der Waals surface area contributed by atoms with E-state index >= 15 is 0 Å². The fourth-order valence-corrected chi connectivity index (χ4v) is 2.98. The van der Waals surface area contributed by atoms with E-state index in [9.17, 15) is 5.11 Å². The van der Waals surface area contributed by atoms with E-state index < -0.39 is 0 Å². The molecule has 1 aliphatic heterocycles. The zero-order chi connectivity index (χ0) is 15.5. The third-order valence-corrected chi connectivity index (χ3v) is 4.25. The summed E-state index contributed by atoms with van der Waals surface area (Å²) in [7, 11) is 0. The van der Waals surface area contributed by atoms with Crippen molar-refractivity contribution in [3.05, 3.63) is 52.6 Å². The molecule has 0 saturated heterocycles. The van der Waals surface area contributed by atoms with Crippen LogP contribution in [-0.4, -0.2) is 26.5 Å². The number of phenolic OH excluding ortho intramolecular Hbond substituents is 1. The highest BCUT2D eigenvalue weighted by Crippen LogP contribution is 2.25. The maximum atomic E-state index is 10.2. The van der Waals surface area contributed by atoms with Crippen LogP contribution in [-0.2, 0) is 25.9 Å². The van der Waals surface area contributed by atoms with Gasteiger partial charge in [-0.15, -0.1) is 0 Å². The monoisotopic (exact) mass is 297 g/mol. The maximum absolute atomic E-state index is 10.2. The summed E-state index contributed by atoms with van der Waals surface area (Å²) in [5.41, 5.74) is 4.34. The lowest BCUT2D eigenvalue weighted by atomic mass is 10.0. The third kappa shape index (κ3) is 3.12. The number of fused-ring (bicyclic) bond motifs is 1. The Balaban J connectivity index is 1.73. The molecule has 22 heavy (non-hydrogen) atoms. The van der Waals surface area contributed by atoms with Gasteiger partial charge in [-0.1, -0.05) is 25.1 Å². The van der Waals surface area contributed by atoms with Crippen molar-refractivity contribution in [3.63, 3.8) is 0 Å². The molecule has 0 saturated carbocycles. The first-order valence-corrected chi connectivity index (χ1v) is 8.01. The summed E-state index contributed by atoms with van der Waals surface area (Å²) in [6.45, 7) is 6.69. The Hall–Kier alpha value is -1.94. The number of aryl methyl sites for hydroxylation is 2. The number of hydrogen-bond acceptors (Lipinski definition) is 4. The predicted molar refractivity (Wildman–Crippen MR) is 86.7 cm³/mol. The van der Waals surface area contributed by atoms with E-state index in [0.717, 1.165) is 55.8 Å². The van der Waals surface area contributed by atoms with Gasteiger partial charge in [0.25, 0.3) is 0 Å². The number of para-hydroxylation sites is 1. The van der Waals surface area contributed by atoms with Crippen molar-refractivity contribution in [2.45, 2.75) is 46.2 Å². The van der Waals surface area contributed by atoms with E-state index in [-0.39, 0.29) is 0 Å². The molecule has 0 bridgehead atoms. The molecule has 1 aromatic carbocycles. The highest BCUT2D eigenvalue weighted by molar-refractivity contribution is 5.39. The molecule has 0 unspecified atom stereocenters. The Labute approximate surface area is 131 Å². The molecule has 4 heteroatoms. The van der Waals surface area contributed by atoms with Gasteiger partial charge in [-0.05, 0) is 18.9 Å². The molecule has 2 heterocycles. The largest absolute Gasteiger partial charge is 0.507 e. The Morgan fingerprint density at radius 1 is 1.32 bits per heavy atom.